The van der Waals surface area contributed by atoms with Crippen LogP contribution < -0.4 is 9.62 Å². The van der Waals surface area contributed by atoms with Gasteiger partial charge < -0.3 is 10.2 Å². The van der Waals surface area contributed by atoms with Crippen molar-refractivity contribution in [1.29, 1.82) is 0 Å². The summed E-state index contributed by atoms with van der Waals surface area (Å²) in [5.41, 5.74) is 0.00568. The van der Waals surface area contributed by atoms with E-state index in [9.17, 15) is 31.2 Å². The van der Waals surface area contributed by atoms with Crippen molar-refractivity contribution in [2.75, 3.05) is 10.8 Å². The van der Waals surface area contributed by atoms with Crippen LogP contribution in [0.15, 0.2) is 119 Å². The molecule has 0 aliphatic rings. The number of nitrogens with zero attached hydrogens (tertiary/aromatic N) is 2. The first-order valence-corrected chi connectivity index (χ1v) is 17.2. The average molecular weight is 731 g/mol. The van der Waals surface area contributed by atoms with Gasteiger partial charge in [-0.05, 0) is 66.9 Å². The molecule has 2 amide bonds. The van der Waals surface area contributed by atoms with Crippen molar-refractivity contribution in [3.63, 3.8) is 0 Å². The van der Waals surface area contributed by atoms with Gasteiger partial charge in [-0.25, -0.2) is 8.42 Å². The van der Waals surface area contributed by atoms with Crippen LogP contribution in [-0.2, 0) is 38.8 Å². The Hall–Kier alpha value is -4.16. The molecule has 0 fully saturated rings. The van der Waals surface area contributed by atoms with Gasteiger partial charge in [0.25, 0.3) is 10.0 Å². The second-order valence-corrected chi connectivity index (χ2v) is 13.8. The number of hydrogen-bond acceptors (Lipinski definition) is 4. The predicted molar refractivity (Wildman–Crippen MR) is 179 cm³/mol. The van der Waals surface area contributed by atoms with E-state index in [1.807, 2.05) is 44.2 Å². The molecular weight excluding hydrogens is 695 g/mol. The van der Waals surface area contributed by atoms with E-state index >= 15 is 0 Å². The normalized spacial score (nSPS) is 13.0. The van der Waals surface area contributed by atoms with Crippen LogP contribution in [0.25, 0.3) is 0 Å². The summed E-state index contributed by atoms with van der Waals surface area (Å²) in [5.74, 6) is -1.21. The van der Waals surface area contributed by atoms with Crippen LogP contribution in [0.4, 0.5) is 18.9 Å². The molecule has 0 radical (unpaired) electrons. The van der Waals surface area contributed by atoms with Gasteiger partial charge in [-0.1, -0.05) is 89.6 Å². The van der Waals surface area contributed by atoms with Gasteiger partial charge in [0.05, 0.1) is 16.1 Å². The Bertz CT molecular complexity index is 1760. The van der Waals surface area contributed by atoms with Crippen molar-refractivity contribution < 1.29 is 31.2 Å². The van der Waals surface area contributed by atoms with Crippen molar-refractivity contribution in [2.45, 2.75) is 56.4 Å². The minimum atomic E-state index is -4.76. The number of amides is 2. The van der Waals surface area contributed by atoms with E-state index in [2.05, 4.69) is 21.2 Å². The third-order valence-corrected chi connectivity index (χ3v) is 9.93. The molecule has 0 aliphatic heterocycles. The molecule has 2 atom stereocenters. The first-order valence-electron chi connectivity index (χ1n) is 14.9. The van der Waals surface area contributed by atoms with Crippen molar-refractivity contribution in [2.24, 2.45) is 0 Å². The molecule has 4 rings (SSSR count). The number of carbonyl (C=O) groups is 2. The summed E-state index contributed by atoms with van der Waals surface area (Å²) in [6.45, 7) is 2.81. The first-order chi connectivity index (χ1) is 22.3. The Kier molecular flexibility index (Phi) is 11.9. The molecule has 4 aromatic carbocycles. The summed E-state index contributed by atoms with van der Waals surface area (Å²) in [7, 11) is -4.54. The van der Waals surface area contributed by atoms with Crippen LogP contribution in [-0.4, -0.2) is 43.8 Å². The Morgan fingerprint density at radius 3 is 2.06 bits per heavy atom. The quantitative estimate of drug-likeness (QED) is 0.158. The fraction of sp³-hybridized carbons (Fsp3) is 0.257. The molecular formula is C35H35BrF3N3O4S. The summed E-state index contributed by atoms with van der Waals surface area (Å²) in [6, 6.07) is 25.9. The van der Waals surface area contributed by atoms with Crippen molar-refractivity contribution in [1.82, 2.24) is 10.2 Å². The lowest BCUT2D eigenvalue weighted by molar-refractivity contribution is -0.140. The predicted octanol–water partition coefficient (Wildman–Crippen LogP) is 7.22. The number of carbonyl (C=O) groups excluding carboxylic acids is 2. The van der Waals surface area contributed by atoms with Gasteiger partial charge in [0.1, 0.15) is 12.6 Å². The summed E-state index contributed by atoms with van der Waals surface area (Å²) >= 11 is 3.40. The average Bonchev–Trinajstić information content (AvgIpc) is 3.06. The zero-order valence-electron chi connectivity index (χ0n) is 25.8. The third kappa shape index (κ3) is 9.45. The first kappa shape index (κ1) is 35.7. The molecule has 248 valence electrons. The third-order valence-electron chi connectivity index (χ3n) is 7.61. The molecule has 12 heteroatoms. The van der Waals surface area contributed by atoms with Crippen molar-refractivity contribution >= 4 is 43.5 Å². The molecule has 0 bridgehead atoms. The SMILES string of the molecule is CC[C@H](C)NC(=O)[C@@H](Cc1ccccc1)N(Cc1ccc(Br)cc1)C(=O)CN(c1cccc(C(F)(F)F)c1)S(=O)(=O)c1ccccc1. The number of halogens is 4. The Morgan fingerprint density at radius 2 is 1.47 bits per heavy atom. The molecule has 0 spiro atoms. The van der Waals surface area contributed by atoms with Gasteiger partial charge in [-0.2, -0.15) is 13.2 Å². The van der Waals surface area contributed by atoms with Crippen LogP contribution in [0.2, 0.25) is 0 Å². The highest BCUT2D eigenvalue weighted by Gasteiger charge is 2.36. The van der Waals surface area contributed by atoms with Crippen LogP contribution in [0.1, 0.15) is 37.0 Å². The van der Waals surface area contributed by atoms with E-state index in [0.29, 0.717) is 22.4 Å². The largest absolute Gasteiger partial charge is 0.416 e. The number of rotatable bonds is 13. The minimum absolute atomic E-state index is 0.0701. The fourth-order valence-corrected chi connectivity index (χ4v) is 6.56. The molecule has 4 aromatic rings. The standard InChI is InChI=1S/C35H35BrF3N3O4S/c1-3-25(2)40-34(44)32(21-26-11-6-4-7-12-26)41(23-27-17-19-29(36)20-18-27)33(43)24-42(47(45,46)31-15-8-5-9-16-31)30-14-10-13-28(22-30)35(37,38)39/h4-20,22,25,32H,3,21,23-24H2,1-2H3,(H,40,44)/t25-,32+/m0/s1. The van der Waals surface area contributed by atoms with E-state index < -0.39 is 46.2 Å². The van der Waals surface area contributed by atoms with E-state index in [-0.39, 0.29) is 29.6 Å². The van der Waals surface area contributed by atoms with Gasteiger partial charge in [0, 0.05) is 23.5 Å². The fourth-order valence-electron chi connectivity index (χ4n) is 4.87. The topological polar surface area (TPSA) is 86.8 Å². The van der Waals surface area contributed by atoms with E-state index in [0.717, 1.165) is 22.2 Å². The molecule has 1 N–H and O–H groups in total. The molecule has 0 saturated heterocycles. The van der Waals surface area contributed by atoms with Gasteiger partial charge in [0.15, 0.2) is 0 Å². The number of hydrogen-bond donors (Lipinski definition) is 1. The maximum absolute atomic E-state index is 14.5. The monoisotopic (exact) mass is 729 g/mol. The van der Waals surface area contributed by atoms with E-state index in [4.69, 9.17) is 0 Å². The summed E-state index contributed by atoms with van der Waals surface area (Å²) in [4.78, 5) is 29.4. The summed E-state index contributed by atoms with van der Waals surface area (Å²) in [5, 5.41) is 2.95. The second kappa shape index (κ2) is 15.6. The summed E-state index contributed by atoms with van der Waals surface area (Å²) in [6.07, 6.45) is -4.02. The Labute approximate surface area is 281 Å². The molecule has 7 nitrogen and oxygen atoms in total. The minimum Gasteiger partial charge on any atom is -0.352 e. The molecule has 0 aromatic heterocycles. The lowest BCUT2D eigenvalue weighted by Crippen LogP contribution is -2.54. The van der Waals surface area contributed by atoms with Crippen LogP contribution >= 0.6 is 15.9 Å². The molecule has 47 heavy (non-hydrogen) atoms. The lowest BCUT2D eigenvalue weighted by atomic mass is 10.0. The van der Waals surface area contributed by atoms with Gasteiger partial charge in [0.2, 0.25) is 11.8 Å². The van der Waals surface area contributed by atoms with Crippen molar-refractivity contribution in [3.8, 4) is 0 Å². The number of alkyl halides is 3. The zero-order valence-corrected chi connectivity index (χ0v) is 28.2. The van der Waals surface area contributed by atoms with Crippen LogP contribution in [0.3, 0.4) is 0 Å². The van der Waals surface area contributed by atoms with Gasteiger partial charge >= 0.3 is 6.18 Å². The van der Waals surface area contributed by atoms with Crippen LogP contribution in [0.5, 0.6) is 0 Å². The molecule has 0 unspecified atom stereocenters. The molecule has 0 aliphatic carbocycles. The maximum atomic E-state index is 14.5. The zero-order chi connectivity index (χ0) is 34.2. The van der Waals surface area contributed by atoms with Gasteiger partial charge in [-0.15, -0.1) is 0 Å². The van der Waals surface area contributed by atoms with E-state index in [1.165, 1.54) is 35.2 Å². The number of sulfonamides is 1. The number of benzene rings is 4. The highest BCUT2D eigenvalue weighted by molar-refractivity contribution is 9.10. The highest BCUT2D eigenvalue weighted by Crippen LogP contribution is 2.33. The lowest BCUT2D eigenvalue weighted by Gasteiger charge is -2.34. The molecule has 0 heterocycles. The Balaban J connectivity index is 1.84. The number of nitrogens with one attached hydrogen (secondary N) is 1. The summed E-state index contributed by atoms with van der Waals surface area (Å²) < 4.78 is 70.8. The number of anilines is 1. The van der Waals surface area contributed by atoms with Gasteiger partial charge in [-0.3, -0.25) is 13.9 Å². The maximum Gasteiger partial charge on any atom is 0.416 e. The second-order valence-electron chi connectivity index (χ2n) is 11.0. The highest BCUT2D eigenvalue weighted by atomic mass is 79.9. The smallest absolute Gasteiger partial charge is 0.352 e. The van der Waals surface area contributed by atoms with E-state index in [1.54, 1.807) is 30.3 Å². The Morgan fingerprint density at radius 1 is 0.851 bits per heavy atom. The van der Waals surface area contributed by atoms with Crippen molar-refractivity contribution in [3.05, 3.63) is 130 Å². The van der Waals surface area contributed by atoms with Crippen LogP contribution in [0, 0.1) is 0 Å². The molecule has 0 saturated carbocycles.